The predicted octanol–water partition coefficient (Wildman–Crippen LogP) is 3.05. The molecule has 0 aliphatic heterocycles. The van der Waals surface area contributed by atoms with Gasteiger partial charge >= 0.3 is 0 Å². The molecule has 18 heavy (non-hydrogen) atoms. The molecule has 0 aliphatic carbocycles. The van der Waals surface area contributed by atoms with E-state index in [4.69, 9.17) is 13.9 Å². The number of Topliss-reactive ketones (excluding diaryl/α,β-unsaturated/α-hetero) is 1. The second kappa shape index (κ2) is 5.69. The molecule has 96 valence electrons. The number of rotatable bonds is 6. The van der Waals surface area contributed by atoms with Crippen LogP contribution >= 0.6 is 0 Å². The summed E-state index contributed by atoms with van der Waals surface area (Å²) in [6.45, 7) is 2.73. The summed E-state index contributed by atoms with van der Waals surface area (Å²) in [4.78, 5) is 11.4. The number of hydrogen-bond donors (Lipinski definition) is 0. The fourth-order valence-corrected chi connectivity index (χ4v) is 1.75. The van der Waals surface area contributed by atoms with Crippen LogP contribution in [-0.4, -0.2) is 26.1 Å². The van der Waals surface area contributed by atoms with E-state index in [9.17, 15) is 4.79 Å². The number of benzene rings is 1. The second-order valence-corrected chi connectivity index (χ2v) is 4.06. The Hall–Kier alpha value is -1.81. The minimum absolute atomic E-state index is 0.00459. The van der Waals surface area contributed by atoms with Crippen molar-refractivity contribution < 1.29 is 18.7 Å². The maximum atomic E-state index is 11.4. The summed E-state index contributed by atoms with van der Waals surface area (Å²) in [6.07, 6.45) is 2.40. The van der Waals surface area contributed by atoms with Crippen LogP contribution in [0.25, 0.3) is 11.0 Å². The van der Waals surface area contributed by atoms with Crippen LogP contribution < -0.4 is 4.74 Å². The number of ketones is 1. The van der Waals surface area contributed by atoms with Gasteiger partial charge in [0, 0.05) is 25.7 Å². The van der Waals surface area contributed by atoms with Crippen LogP contribution in [-0.2, 0) is 4.74 Å². The van der Waals surface area contributed by atoms with E-state index in [0.717, 1.165) is 11.8 Å². The highest BCUT2D eigenvalue weighted by Gasteiger charge is 2.10. The van der Waals surface area contributed by atoms with E-state index >= 15 is 0 Å². The molecule has 0 atom stereocenters. The largest absolute Gasteiger partial charge is 0.493 e. The first kappa shape index (κ1) is 12.6. The van der Waals surface area contributed by atoms with Crippen LogP contribution in [0.15, 0.2) is 28.9 Å². The van der Waals surface area contributed by atoms with E-state index in [1.54, 1.807) is 25.5 Å². The summed E-state index contributed by atoms with van der Waals surface area (Å²) in [6, 6.07) is 5.33. The molecule has 4 nitrogen and oxygen atoms in total. The standard InChI is InChI=1S/C14H16O4/c1-10(15)11-8-13(17-6-3-5-16-2)12-4-7-18-14(12)9-11/h4,7-9H,3,5-6H2,1-2H3. The molecule has 1 heterocycles. The Bertz CT molecular complexity index is 542. The van der Waals surface area contributed by atoms with Gasteiger partial charge in [0.1, 0.15) is 11.3 Å². The first-order valence-corrected chi connectivity index (χ1v) is 5.86. The normalized spacial score (nSPS) is 10.8. The Morgan fingerprint density at radius 2 is 2.17 bits per heavy atom. The topological polar surface area (TPSA) is 48.7 Å². The summed E-state index contributed by atoms with van der Waals surface area (Å²) in [5.41, 5.74) is 1.27. The first-order chi connectivity index (χ1) is 8.72. The first-order valence-electron chi connectivity index (χ1n) is 5.86. The van der Waals surface area contributed by atoms with Crippen molar-refractivity contribution in [2.75, 3.05) is 20.3 Å². The van der Waals surface area contributed by atoms with Gasteiger partial charge in [0.25, 0.3) is 0 Å². The lowest BCUT2D eigenvalue weighted by atomic mass is 10.1. The second-order valence-electron chi connectivity index (χ2n) is 4.06. The van der Waals surface area contributed by atoms with Crippen LogP contribution in [0.3, 0.4) is 0 Å². The fraction of sp³-hybridized carbons (Fsp3) is 0.357. The molecule has 1 aromatic carbocycles. The van der Waals surface area contributed by atoms with Gasteiger partial charge in [-0.1, -0.05) is 0 Å². The summed E-state index contributed by atoms with van der Waals surface area (Å²) in [5.74, 6) is 0.678. The fourth-order valence-electron chi connectivity index (χ4n) is 1.75. The van der Waals surface area contributed by atoms with Crippen molar-refractivity contribution in [3.05, 3.63) is 30.0 Å². The quantitative estimate of drug-likeness (QED) is 0.582. The summed E-state index contributed by atoms with van der Waals surface area (Å²) in [7, 11) is 1.66. The molecule has 0 spiro atoms. The van der Waals surface area contributed by atoms with Crippen molar-refractivity contribution in [2.24, 2.45) is 0 Å². The third kappa shape index (κ3) is 2.71. The zero-order valence-electron chi connectivity index (χ0n) is 10.6. The van der Waals surface area contributed by atoms with Crippen LogP contribution in [0.2, 0.25) is 0 Å². The molecule has 0 bridgehead atoms. The molecule has 0 saturated heterocycles. The number of furan rings is 1. The Morgan fingerprint density at radius 1 is 1.33 bits per heavy atom. The molecule has 1 aromatic heterocycles. The number of ether oxygens (including phenoxy) is 2. The van der Waals surface area contributed by atoms with Gasteiger partial charge in [0.15, 0.2) is 5.78 Å². The lowest BCUT2D eigenvalue weighted by Crippen LogP contribution is -2.02. The maximum absolute atomic E-state index is 11.4. The molecule has 4 heteroatoms. The molecular formula is C14H16O4. The number of carbonyl (C=O) groups excluding carboxylic acids is 1. The zero-order valence-corrected chi connectivity index (χ0v) is 10.6. The van der Waals surface area contributed by atoms with E-state index in [2.05, 4.69) is 0 Å². The van der Waals surface area contributed by atoms with Crippen LogP contribution in [0, 0.1) is 0 Å². The van der Waals surface area contributed by atoms with Crippen LogP contribution in [0.4, 0.5) is 0 Å². The van der Waals surface area contributed by atoms with E-state index in [1.807, 2.05) is 6.07 Å². The van der Waals surface area contributed by atoms with Crippen molar-refractivity contribution in [1.29, 1.82) is 0 Å². The van der Waals surface area contributed by atoms with Gasteiger partial charge in [0.05, 0.1) is 18.3 Å². The Kier molecular flexibility index (Phi) is 3.99. The van der Waals surface area contributed by atoms with Crippen LogP contribution in [0.1, 0.15) is 23.7 Å². The van der Waals surface area contributed by atoms with E-state index < -0.39 is 0 Å². The van der Waals surface area contributed by atoms with Crippen molar-refractivity contribution >= 4 is 16.8 Å². The van der Waals surface area contributed by atoms with Crippen molar-refractivity contribution in [3.8, 4) is 5.75 Å². The number of hydrogen-bond acceptors (Lipinski definition) is 4. The highest BCUT2D eigenvalue weighted by Crippen LogP contribution is 2.29. The summed E-state index contributed by atoms with van der Waals surface area (Å²) in [5, 5.41) is 0.886. The third-order valence-electron chi connectivity index (χ3n) is 2.69. The molecule has 0 amide bonds. The van der Waals surface area contributed by atoms with Crippen molar-refractivity contribution in [3.63, 3.8) is 0 Å². The average molecular weight is 248 g/mol. The zero-order chi connectivity index (χ0) is 13.0. The molecule has 0 saturated carbocycles. The van der Waals surface area contributed by atoms with Gasteiger partial charge in [-0.15, -0.1) is 0 Å². The van der Waals surface area contributed by atoms with Crippen molar-refractivity contribution in [1.82, 2.24) is 0 Å². The average Bonchev–Trinajstić information content (AvgIpc) is 2.82. The lowest BCUT2D eigenvalue weighted by Gasteiger charge is -2.08. The SMILES string of the molecule is COCCCOc1cc(C(C)=O)cc2occc12. The molecule has 0 fully saturated rings. The summed E-state index contributed by atoms with van der Waals surface area (Å²) < 4.78 is 16.0. The van der Waals surface area contributed by atoms with E-state index in [-0.39, 0.29) is 5.78 Å². The monoisotopic (exact) mass is 248 g/mol. The Balaban J connectivity index is 2.23. The maximum Gasteiger partial charge on any atom is 0.160 e. The highest BCUT2D eigenvalue weighted by atomic mass is 16.5. The van der Waals surface area contributed by atoms with Crippen molar-refractivity contribution in [2.45, 2.75) is 13.3 Å². The molecule has 0 radical (unpaired) electrons. The van der Waals surface area contributed by atoms with Gasteiger partial charge in [-0.3, -0.25) is 4.79 Å². The number of fused-ring (bicyclic) bond motifs is 1. The van der Waals surface area contributed by atoms with Crippen LogP contribution in [0.5, 0.6) is 5.75 Å². The molecule has 0 aliphatic rings. The third-order valence-corrected chi connectivity index (χ3v) is 2.69. The van der Waals surface area contributed by atoms with Gasteiger partial charge in [0.2, 0.25) is 0 Å². The number of carbonyl (C=O) groups is 1. The van der Waals surface area contributed by atoms with Gasteiger partial charge in [-0.25, -0.2) is 0 Å². The van der Waals surface area contributed by atoms with E-state index in [1.165, 1.54) is 6.92 Å². The molecular weight excluding hydrogens is 232 g/mol. The van der Waals surface area contributed by atoms with Gasteiger partial charge < -0.3 is 13.9 Å². The molecule has 0 unspecified atom stereocenters. The smallest absolute Gasteiger partial charge is 0.160 e. The molecule has 2 aromatic rings. The summed E-state index contributed by atoms with van der Waals surface area (Å²) >= 11 is 0. The molecule has 0 N–H and O–H groups in total. The number of methoxy groups -OCH3 is 1. The Morgan fingerprint density at radius 3 is 2.89 bits per heavy atom. The highest BCUT2D eigenvalue weighted by molar-refractivity contribution is 5.99. The van der Waals surface area contributed by atoms with E-state index in [0.29, 0.717) is 30.1 Å². The van der Waals surface area contributed by atoms with Gasteiger partial charge in [-0.05, 0) is 25.1 Å². The lowest BCUT2D eigenvalue weighted by molar-refractivity contribution is 0.101. The minimum Gasteiger partial charge on any atom is -0.493 e. The van der Waals surface area contributed by atoms with Gasteiger partial charge in [-0.2, -0.15) is 0 Å². The molecule has 2 rings (SSSR count). The predicted molar refractivity (Wildman–Crippen MR) is 68.2 cm³/mol. The minimum atomic E-state index is -0.00459. The Labute approximate surface area is 105 Å².